The number of ether oxygens (including phenoxy) is 1. The molecule has 7 aromatic carbocycles. The maximum absolute atomic E-state index is 10.2. The van der Waals surface area contributed by atoms with Gasteiger partial charge in [0.25, 0.3) is 0 Å². The van der Waals surface area contributed by atoms with Gasteiger partial charge in [-0.1, -0.05) is 302 Å². The predicted molar refractivity (Wildman–Crippen MR) is 435 cm³/mol. The Bertz CT molecular complexity index is 2510. The van der Waals surface area contributed by atoms with Crippen molar-refractivity contribution in [3.63, 3.8) is 0 Å². The van der Waals surface area contributed by atoms with Crippen molar-refractivity contribution in [2.45, 2.75) is 145 Å². The number of alkyl halides is 3. The van der Waals surface area contributed by atoms with Crippen LogP contribution in [0.2, 0.25) is 0 Å². The van der Waals surface area contributed by atoms with Crippen molar-refractivity contribution in [3.8, 4) is 0 Å². The van der Waals surface area contributed by atoms with E-state index in [-0.39, 0.29) is 6.61 Å². The van der Waals surface area contributed by atoms with E-state index < -0.39 is 5.43 Å². The smallest absolute Gasteiger partial charge is 0.404 e. The van der Waals surface area contributed by atoms with Gasteiger partial charge in [-0.05, 0) is 175 Å². The standard InChI is InChI=1S/C23H34N2.C20H28N2.C17H22N2.C8H7ClO2.C3H8BrN.C3H7Br.C3H10N2.C2H6BrN.C2H6/c1-3-16-24(20-22-12-7-5-8-13-22)18-11-19-25(17-4-2)21-23-14-9-6-10-15-23;1-2-15-22(18-20-12-7-4-8-13-20)16-9-14-21-17-19-10-5-3-6-11-19;1-3-8-16(9-4-1)14-18-12-7-13-19-15-17-10-5-2-6-11-17;9-8(10)11-6-7-4-2-1-3-5-7;4-2-1-3-5;1-2-3-4;4-2-1-3-5;3-1-2-4;1-2/h5-10,12-15H,3-4,11,16-21H2,1-2H3;3-8,10-13,21H,2,9,14-18H2,1H3;1-6,8-11,18-19H,7,12-15H2;1-5H,6H2;1-3,5H2;2-3H2,1H3;1-5H2;1-2,4H2;1-2H3. The van der Waals surface area contributed by atoms with Crippen LogP contribution in [0, 0.1) is 0 Å². The van der Waals surface area contributed by atoms with Crippen LogP contribution in [0.15, 0.2) is 212 Å². The lowest BCUT2D eigenvalue weighted by atomic mass is 10.2. The van der Waals surface area contributed by atoms with E-state index in [4.69, 9.17) is 34.5 Å². The summed E-state index contributed by atoms with van der Waals surface area (Å²) in [7, 11) is 0. The van der Waals surface area contributed by atoms with Crippen LogP contribution < -0.4 is 38.9 Å². The molecule has 12 nitrogen and oxygen atoms in total. The molecule has 0 saturated heterocycles. The first-order chi connectivity index (χ1) is 47.6. The Labute approximate surface area is 621 Å². The maximum atomic E-state index is 10.2. The van der Waals surface area contributed by atoms with Gasteiger partial charge in [-0.3, -0.25) is 14.7 Å². The summed E-state index contributed by atoms with van der Waals surface area (Å²) < 4.78 is 4.55. The number of nitrogens with one attached hydrogen (secondary N) is 3. The van der Waals surface area contributed by atoms with E-state index in [0.29, 0.717) is 0 Å². The first kappa shape index (κ1) is 94.4. The van der Waals surface area contributed by atoms with Crippen LogP contribution in [0.1, 0.15) is 138 Å². The molecule has 16 heteroatoms. The summed E-state index contributed by atoms with van der Waals surface area (Å²) in [4.78, 5) is 17.9. The molecule has 7 aromatic rings. The van der Waals surface area contributed by atoms with Gasteiger partial charge in [0.2, 0.25) is 0 Å². The van der Waals surface area contributed by atoms with E-state index >= 15 is 0 Å². The number of hydrogen-bond donors (Lipinski definition) is 7. The summed E-state index contributed by atoms with van der Waals surface area (Å²) in [6.07, 6.45) is 10.5. The van der Waals surface area contributed by atoms with E-state index in [0.717, 1.165) is 132 Å². The van der Waals surface area contributed by atoms with Gasteiger partial charge in [-0.15, -0.1) is 0 Å². The minimum Gasteiger partial charge on any atom is -0.449 e. The molecule has 542 valence electrons. The topological polar surface area (TPSA) is 176 Å². The van der Waals surface area contributed by atoms with Crippen molar-refractivity contribution in [3.05, 3.63) is 251 Å². The van der Waals surface area contributed by atoms with E-state index in [2.05, 4.69) is 293 Å². The lowest BCUT2D eigenvalue weighted by molar-refractivity contribution is 0.167. The highest BCUT2D eigenvalue weighted by Crippen LogP contribution is 2.11. The molecule has 0 aliphatic heterocycles. The molecule has 0 saturated carbocycles. The predicted octanol–water partition coefficient (Wildman–Crippen LogP) is 18.0. The summed E-state index contributed by atoms with van der Waals surface area (Å²) in [6.45, 7) is 32.5. The van der Waals surface area contributed by atoms with Gasteiger partial charge in [0.1, 0.15) is 6.61 Å². The Morgan fingerprint density at radius 2 is 0.619 bits per heavy atom. The SMILES string of the molecule is CC.CCCBr.CCCN(CCCN(CCC)Cc1ccccc1)Cc1ccccc1.CCCN(CCCNCc1ccccc1)Cc1ccccc1.NCCBr.NCCCBr.NCCCN.O=C(Cl)OCc1ccccc1.c1ccc(CNCCCNCc2ccccc2)cc1. The van der Waals surface area contributed by atoms with Crippen LogP contribution in [-0.4, -0.2) is 121 Å². The van der Waals surface area contributed by atoms with Gasteiger partial charge in [0.15, 0.2) is 0 Å². The van der Waals surface area contributed by atoms with Crippen LogP contribution in [0.5, 0.6) is 0 Å². The van der Waals surface area contributed by atoms with Crippen LogP contribution in [0.4, 0.5) is 4.79 Å². The highest BCUT2D eigenvalue weighted by atomic mass is 79.9. The second kappa shape index (κ2) is 75.5. The Balaban J connectivity index is 0. The fraction of sp³-hybridized carbons (Fsp3) is 0.469. The van der Waals surface area contributed by atoms with E-state index in [1.54, 1.807) is 0 Å². The zero-order chi connectivity index (χ0) is 71.6. The summed E-state index contributed by atoms with van der Waals surface area (Å²) in [5.74, 6) is 0. The molecule has 97 heavy (non-hydrogen) atoms. The molecule has 0 fully saturated rings. The maximum Gasteiger partial charge on any atom is 0.404 e. The molecule has 0 aliphatic rings. The third kappa shape index (κ3) is 63.3. The second-order valence-electron chi connectivity index (χ2n) is 22.3. The quantitative estimate of drug-likeness (QED) is 0.0111. The van der Waals surface area contributed by atoms with Crippen molar-refractivity contribution in [2.75, 3.05) is 101 Å². The van der Waals surface area contributed by atoms with Gasteiger partial charge >= 0.3 is 5.43 Å². The highest BCUT2D eigenvalue weighted by Gasteiger charge is 2.09. The van der Waals surface area contributed by atoms with Gasteiger partial charge in [-0.25, -0.2) is 4.79 Å². The van der Waals surface area contributed by atoms with Crippen molar-refractivity contribution in [1.82, 2.24) is 30.7 Å². The molecule has 0 unspecified atom stereocenters. The van der Waals surface area contributed by atoms with Gasteiger partial charge in [0.05, 0.1) is 0 Å². The number of benzene rings is 7. The Morgan fingerprint density at radius 1 is 0.351 bits per heavy atom. The third-order valence-corrected chi connectivity index (χ3v) is 15.5. The minimum atomic E-state index is -0.770. The normalized spacial score (nSPS) is 10.1. The average Bonchev–Trinajstić information content (AvgIpc) is 3.83. The van der Waals surface area contributed by atoms with Crippen molar-refractivity contribution < 1.29 is 9.53 Å². The van der Waals surface area contributed by atoms with E-state index in [1.165, 1.54) is 105 Å². The van der Waals surface area contributed by atoms with Crippen LogP contribution in [0.25, 0.3) is 0 Å². The summed E-state index contributed by atoms with van der Waals surface area (Å²) in [5, 5.41) is 13.5. The first-order valence-corrected chi connectivity index (χ1v) is 39.2. The molecule has 7 rings (SSSR count). The molecule has 0 spiro atoms. The van der Waals surface area contributed by atoms with Crippen LogP contribution in [-0.2, 0) is 50.6 Å². The number of carbonyl (C=O) groups excluding carboxylic acids is 1. The molecule has 11 N–H and O–H groups in total. The Hall–Kier alpha value is -4.66. The van der Waals surface area contributed by atoms with Gasteiger partial charge in [0, 0.05) is 73.4 Å². The molecule has 0 heterocycles. The van der Waals surface area contributed by atoms with Crippen LogP contribution in [0.3, 0.4) is 0 Å². The molecular weight excluding hydrogens is 1420 g/mol. The molecule has 0 aromatic heterocycles. The zero-order valence-electron chi connectivity index (χ0n) is 60.3. The average molecular weight is 1550 g/mol. The summed E-state index contributed by atoms with van der Waals surface area (Å²) in [6, 6.07) is 73.5. The van der Waals surface area contributed by atoms with Crippen molar-refractivity contribution >= 4 is 64.8 Å². The molecule has 0 radical (unpaired) electrons. The summed E-state index contributed by atoms with van der Waals surface area (Å²) >= 11 is 14.6. The Kier molecular flexibility index (Phi) is 73.5. The fourth-order valence-corrected chi connectivity index (χ4v) is 9.34. The van der Waals surface area contributed by atoms with Gasteiger partial charge in [-0.2, -0.15) is 0 Å². The summed E-state index contributed by atoms with van der Waals surface area (Å²) in [5.41, 5.74) is 28.7. The monoisotopic (exact) mass is 1540 g/mol. The molecule has 0 amide bonds. The highest BCUT2D eigenvalue weighted by molar-refractivity contribution is 9.09. The second-order valence-corrected chi connectivity index (χ2v) is 25.0. The van der Waals surface area contributed by atoms with Crippen molar-refractivity contribution in [1.29, 1.82) is 0 Å². The largest absolute Gasteiger partial charge is 0.449 e. The number of hydrogen-bond acceptors (Lipinski definition) is 12. The van der Waals surface area contributed by atoms with Gasteiger partial charge < -0.3 is 43.6 Å². The number of nitrogens with zero attached hydrogens (tertiary/aromatic N) is 3. The molecule has 0 bridgehead atoms. The van der Waals surface area contributed by atoms with Crippen LogP contribution >= 0.6 is 59.4 Å². The minimum absolute atomic E-state index is 0.239. The fourth-order valence-electron chi connectivity index (χ4n) is 8.96. The third-order valence-electron chi connectivity index (χ3n) is 13.6. The number of nitrogens with two attached hydrogens (primary N) is 4. The Morgan fingerprint density at radius 3 is 0.845 bits per heavy atom. The number of halogens is 4. The van der Waals surface area contributed by atoms with E-state index in [9.17, 15) is 4.79 Å². The van der Waals surface area contributed by atoms with Crippen molar-refractivity contribution in [2.24, 2.45) is 22.9 Å². The van der Waals surface area contributed by atoms with E-state index in [1.807, 2.05) is 44.2 Å². The molecular formula is C81H128Br3ClN10O2. The molecule has 0 aliphatic carbocycles. The lowest BCUT2D eigenvalue weighted by Gasteiger charge is -2.25. The number of rotatable bonds is 38. The lowest BCUT2D eigenvalue weighted by Crippen LogP contribution is -2.30. The molecule has 0 atom stereocenters. The number of carbonyl (C=O) groups is 1. The first-order valence-electron chi connectivity index (χ1n) is 35.5. The zero-order valence-corrected chi connectivity index (χ0v) is 65.8.